The first-order valence-corrected chi connectivity index (χ1v) is 11.7. The van der Waals surface area contributed by atoms with E-state index in [0.29, 0.717) is 13.0 Å². The van der Waals surface area contributed by atoms with E-state index in [-0.39, 0.29) is 30.9 Å². The number of imide groups is 1. The van der Waals surface area contributed by atoms with E-state index >= 15 is 0 Å². The number of rotatable bonds is 14. The van der Waals surface area contributed by atoms with Crippen molar-refractivity contribution < 1.29 is 23.9 Å². The highest BCUT2D eigenvalue weighted by atomic mass is 31.1. The molecule has 0 saturated carbocycles. The molecular formula is C20H35N4O5P. The van der Waals surface area contributed by atoms with E-state index in [1.165, 1.54) is 6.08 Å². The van der Waals surface area contributed by atoms with Crippen molar-refractivity contribution in [1.82, 2.24) is 20.4 Å². The molecule has 2 amide bonds. The van der Waals surface area contributed by atoms with E-state index in [2.05, 4.69) is 36.3 Å². The minimum Gasteiger partial charge on any atom is -0.465 e. The third-order valence-electron chi connectivity index (χ3n) is 4.15. The average molecular weight is 442 g/mol. The van der Waals surface area contributed by atoms with Crippen LogP contribution in [0.1, 0.15) is 46.5 Å². The summed E-state index contributed by atoms with van der Waals surface area (Å²) in [5.41, 5.74) is 0. The van der Waals surface area contributed by atoms with E-state index < -0.39 is 14.1 Å². The topological polar surface area (TPSA) is 109 Å². The van der Waals surface area contributed by atoms with E-state index in [4.69, 9.17) is 9.47 Å². The van der Waals surface area contributed by atoms with Gasteiger partial charge in [-0.2, -0.15) is 0 Å². The number of nitrogens with one attached hydrogen (secondary N) is 3. The van der Waals surface area contributed by atoms with Crippen molar-refractivity contribution in [1.29, 1.82) is 0 Å². The molecular weight excluding hydrogens is 407 g/mol. The summed E-state index contributed by atoms with van der Waals surface area (Å²) in [5, 5.41) is 8.69. The Balaban J connectivity index is 2.50. The molecule has 30 heavy (non-hydrogen) atoms. The van der Waals surface area contributed by atoms with Gasteiger partial charge in [0.15, 0.2) is 0 Å². The fourth-order valence-electron chi connectivity index (χ4n) is 2.61. The van der Waals surface area contributed by atoms with Crippen molar-refractivity contribution in [2.45, 2.75) is 64.8 Å². The number of hydrogen-bond donors (Lipinski definition) is 3. The van der Waals surface area contributed by atoms with Gasteiger partial charge in [-0.3, -0.25) is 29.9 Å². The maximum Gasteiger partial charge on any atom is 0.320 e. The van der Waals surface area contributed by atoms with E-state index in [1.54, 1.807) is 11.1 Å². The van der Waals surface area contributed by atoms with Crippen LogP contribution in [0.4, 0.5) is 0 Å². The van der Waals surface area contributed by atoms with Crippen molar-refractivity contribution in [3.8, 4) is 0 Å². The van der Waals surface area contributed by atoms with Gasteiger partial charge in [-0.1, -0.05) is 19.4 Å². The first-order valence-electron chi connectivity index (χ1n) is 10.3. The van der Waals surface area contributed by atoms with Crippen LogP contribution in [0.3, 0.4) is 0 Å². The summed E-state index contributed by atoms with van der Waals surface area (Å²) in [6, 6.07) is 0.260. The summed E-state index contributed by atoms with van der Waals surface area (Å²) >= 11 is 0. The Labute approximate surface area is 180 Å². The molecule has 1 aliphatic rings. The zero-order valence-corrected chi connectivity index (χ0v) is 19.2. The highest BCUT2D eigenvalue weighted by Gasteiger charge is 2.25. The number of amides is 2. The molecule has 1 rings (SSSR count). The minimum absolute atomic E-state index is 0.0491. The lowest BCUT2D eigenvalue weighted by Gasteiger charge is -2.22. The molecule has 0 bridgehead atoms. The van der Waals surface area contributed by atoms with Crippen molar-refractivity contribution >= 4 is 26.5 Å². The van der Waals surface area contributed by atoms with Crippen LogP contribution in [0.25, 0.3) is 0 Å². The molecule has 9 nitrogen and oxygen atoms in total. The summed E-state index contributed by atoms with van der Waals surface area (Å²) in [6.07, 6.45) is 8.57. The van der Waals surface area contributed by atoms with Crippen molar-refractivity contribution in [3.63, 3.8) is 0 Å². The van der Waals surface area contributed by atoms with Crippen LogP contribution in [0.2, 0.25) is 0 Å². The largest absolute Gasteiger partial charge is 0.465 e. The van der Waals surface area contributed by atoms with Crippen molar-refractivity contribution in [2.75, 3.05) is 20.2 Å². The lowest BCUT2D eigenvalue weighted by Crippen LogP contribution is -2.29. The Morgan fingerprint density at radius 2 is 2.10 bits per heavy atom. The second kappa shape index (κ2) is 15.1. The van der Waals surface area contributed by atoms with Crippen LogP contribution in [0.5, 0.6) is 0 Å². The molecule has 3 N–H and O–H groups in total. The first kappa shape index (κ1) is 26.2. The molecule has 0 radical (unpaired) electrons. The van der Waals surface area contributed by atoms with Crippen LogP contribution < -0.4 is 15.5 Å². The Kier molecular flexibility index (Phi) is 13.2. The molecule has 1 heterocycles. The molecule has 3 atom stereocenters. The minimum atomic E-state index is -0.892. The maximum atomic E-state index is 11.8. The fraction of sp³-hybridized carbons (Fsp3) is 0.650. The van der Waals surface area contributed by atoms with Gasteiger partial charge in [0.2, 0.25) is 6.41 Å². The second-order valence-electron chi connectivity index (χ2n) is 7.22. The zero-order valence-electron chi connectivity index (χ0n) is 18.3. The third kappa shape index (κ3) is 11.4. The normalized spacial score (nSPS) is 20.0. The quantitative estimate of drug-likeness (QED) is 0.123. The Morgan fingerprint density at radius 1 is 1.33 bits per heavy atom. The van der Waals surface area contributed by atoms with E-state index in [1.807, 2.05) is 18.9 Å². The van der Waals surface area contributed by atoms with Gasteiger partial charge in [-0.05, 0) is 38.9 Å². The SMILES string of the molecule is CCCCOC(=O)CNP(/C=C/C1CCC(N(C)/C=C\C(=O)NC=O)O1)NC(C)C. The number of ether oxygens (including phenoxy) is 2. The third-order valence-corrected chi connectivity index (χ3v) is 5.91. The summed E-state index contributed by atoms with van der Waals surface area (Å²) in [7, 11) is 0.928. The molecule has 0 spiro atoms. The predicted molar refractivity (Wildman–Crippen MR) is 117 cm³/mol. The Hall–Kier alpha value is -1.80. The smallest absolute Gasteiger partial charge is 0.320 e. The molecule has 0 aromatic carbocycles. The number of nitrogens with zero attached hydrogens (tertiary/aromatic N) is 1. The summed E-state index contributed by atoms with van der Waals surface area (Å²) < 4.78 is 11.2. The number of unbranched alkanes of at least 4 members (excludes halogenated alkanes) is 1. The van der Waals surface area contributed by atoms with Gasteiger partial charge in [0, 0.05) is 25.4 Å². The van der Waals surface area contributed by atoms with Crippen LogP contribution in [0.15, 0.2) is 24.2 Å². The first-order chi connectivity index (χ1) is 14.3. The monoisotopic (exact) mass is 442 g/mol. The number of hydrogen-bond acceptors (Lipinski definition) is 8. The number of carbonyl (C=O) groups is 3. The number of esters is 1. The van der Waals surface area contributed by atoms with Crippen LogP contribution in [-0.2, 0) is 23.9 Å². The summed E-state index contributed by atoms with van der Waals surface area (Å²) in [5.74, 6) is 1.30. The summed E-state index contributed by atoms with van der Waals surface area (Å²) in [6.45, 7) is 6.77. The number of carbonyl (C=O) groups excluding carboxylic acids is 3. The van der Waals surface area contributed by atoms with Crippen molar-refractivity contribution in [2.24, 2.45) is 0 Å². The average Bonchev–Trinajstić information content (AvgIpc) is 3.17. The Bertz CT molecular complexity index is 600. The van der Waals surface area contributed by atoms with Gasteiger partial charge in [-0.15, -0.1) is 0 Å². The molecule has 0 aliphatic carbocycles. The fourth-order valence-corrected chi connectivity index (χ4v) is 4.11. The zero-order chi connectivity index (χ0) is 22.4. The maximum absolute atomic E-state index is 11.8. The predicted octanol–water partition coefficient (Wildman–Crippen LogP) is 1.97. The van der Waals surface area contributed by atoms with Gasteiger partial charge >= 0.3 is 5.97 Å². The van der Waals surface area contributed by atoms with E-state index in [9.17, 15) is 14.4 Å². The lowest BCUT2D eigenvalue weighted by molar-refractivity contribution is -0.142. The Morgan fingerprint density at radius 3 is 2.77 bits per heavy atom. The van der Waals surface area contributed by atoms with Gasteiger partial charge in [0.25, 0.3) is 5.91 Å². The van der Waals surface area contributed by atoms with Crippen LogP contribution in [-0.4, -0.2) is 61.8 Å². The molecule has 1 aliphatic heterocycles. The molecule has 0 aromatic rings. The van der Waals surface area contributed by atoms with Crippen LogP contribution in [0, 0.1) is 0 Å². The molecule has 1 saturated heterocycles. The molecule has 1 fully saturated rings. The summed E-state index contributed by atoms with van der Waals surface area (Å²) in [4.78, 5) is 35.2. The molecule has 10 heteroatoms. The highest BCUT2D eigenvalue weighted by molar-refractivity contribution is 7.56. The van der Waals surface area contributed by atoms with Crippen molar-refractivity contribution in [3.05, 3.63) is 24.2 Å². The second-order valence-corrected chi connectivity index (χ2v) is 8.83. The highest BCUT2D eigenvalue weighted by Crippen LogP contribution is 2.30. The van der Waals surface area contributed by atoms with Gasteiger partial charge in [0.1, 0.15) is 6.23 Å². The van der Waals surface area contributed by atoms with Crippen LogP contribution >= 0.6 is 8.22 Å². The van der Waals surface area contributed by atoms with Gasteiger partial charge < -0.3 is 14.4 Å². The molecule has 0 aromatic heterocycles. The molecule has 3 unspecified atom stereocenters. The van der Waals surface area contributed by atoms with Gasteiger partial charge in [-0.25, -0.2) is 0 Å². The lowest BCUT2D eigenvalue weighted by atomic mass is 10.2. The van der Waals surface area contributed by atoms with Gasteiger partial charge in [0.05, 0.1) is 27.5 Å². The molecule has 170 valence electrons. The standard InChI is InChI=1S/C20H35N4O5P/c1-5-6-12-28-20(27)14-22-30(23-16(2)3)13-10-17-7-8-19(29-17)24(4)11-9-18(26)21-15-25/h9-11,13,15-17,19,22-23H,5-8,12,14H2,1-4H3,(H,21,25,26)/b11-9-,13-10+. The van der Waals surface area contributed by atoms with E-state index in [0.717, 1.165) is 25.7 Å².